The fraction of sp³-hybridized carbons (Fsp3) is 0.103. The maximum Gasteiger partial charge on any atom is 0.287 e. The summed E-state index contributed by atoms with van der Waals surface area (Å²) in [6, 6.07) is 23.1. The molecule has 4 aromatic rings. The summed E-state index contributed by atoms with van der Waals surface area (Å²) in [5.41, 5.74) is 5.43. The van der Waals surface area contributed by atoms with Crippen LogP contribution in [0.1, 0.15) is 27.2 Å². The number of nitrogens with one attached hydrogen (secondary N) is 3. The van der Waals surface area contributed by atoms with Crippen molar-refractivity contribution >= 4 is 41.4 Å². The first-order valence-electron chi connectivity index (χ1n) is 12.0. The lowest BCUT2D eigenvalue weighted by Gasteiger charge is -2.13. The van der Waals surface area contributed by atoms with Gasteiger partial charge in [-0.05, 0) is 55.0 Å². The number of aryl methyl sites for hydroxylation is 1. The number of para-hydroxylation sites is 1. The number of benzene rings is 3. The van der Waals surface area contributed by atoms with Gasteiger partial charge in [-0.1, -0.05) is 54.1 Å². The molecule has 0 atom stereocenters. The summed E-state index contributed by atoms with van der Waals surface area (Å²) >= 11 is 6.17. The molecule has 0 saturated carbocycles. The number of H-pyrrole nitrogens is 1. The Hall–Kier alpha value is -4.89. The summed E-state index contributed by atoms with van der Waals surface area (Å²) < 4.78 is 1.39. The zero-order valence-corrected chi connectivity index (χ0v) is 22.4. The molecular formula is C29H27ClN6O3. The van der Waals surface area contributed by atoms with Crippen LogP contribution in [-0.4, -0.2) is 41.9 Å². The van der Waals surface area contributed by atoms with Crippen molar-refractivity contribution < 1.29 is 9.59 Å². The highest BCUT2D eigenvalue weighted by Gasteiger charge is 2.17. The van der Waals surface area contributed by atoms with Crippen LogP contribution < -0.4 is 21.2 Å². The standard InChI is InChI=1S/C29H27ClN6O3/c1-19-24(29(39)36(34-19)22-9-5-4-6-10-22)18-31-33-28(38)26(17-20-13-15-21(16-14-20)35(2)3)32-27(37)23-11-7-8-12-25(23)30/h4-18,34H,1-3H3,(H,32,37)(H,33,38)/b26-17?,31-18+. The van der Waals surface area contributed by atoms with E-state index in [1.807, 2.05) is 61.5 Å². The van der Waals surface area contributed by atoms with Crippen molar-refractivity contribution in [3.05, 3.63) is 122 Å². The van der Waals surface area contributed by atoms with Crippen LogP contribution in [-0.2, 0) is 4.79 Å². The van der Waals surface area contributed by atoms with Crippen molar-refractivity contribution in [2.45, 2.75) is 6.92 Å². The Morgan fingerprint density at radius 3 is 2.31 bits per heavy atom. The molecule has 0 aliphatic carbocycles. The Bertz CT molecular complexity index is 1600. The quantitative estimate of drug-likeness (QED) is 0.177. The van der Waals surface area contributed by atoms with Crippen LogP contribution in [0.15, 0.2) is 94.5 Å². The van der Waals surface area contributed by atoms with Gasteiger partial charge < -0.3 is 10.2 Å². The molecule has 0 fully saturated rings. The summed E-state index contributed by atoms with van der Waals surface area (Å²) in [5, 5.41) is 9.86. The van der Waals surface area contributed by atoms with E-state index in [0.717, 1.165) is 5.69 Å². The molecule has 0 unspecified atom stereocenters. The molecule has 1 aromatic heterocycles. The highest BCUT2D eigenvalue weighted by Crippen LogP contribution is 2.17. The molecular weight excluding hydrogens is 516 g/mol. The van der Waals surface area contributed by atoms with Crippen molar-refractivity contribution in [3.63, 3.8) is 0 Å². The van der Waals surface area contributed by atoms with E-state index in [1.54, 1.807) is 43.3 Å². The fourth-order valence-electron chi connectivity index (χ4n) is 3.71. The maximum absolute atomic E-state index is 13.1. The molecule has 4 rings (SSSR count). The van der Waals surface area contributed by atoms with Crippen molar-refractivity contribution in [3.8, 4) is 5.69 Å². The summed E-state index contributed by atoms with van der Waals surface area (Å²) in [7, 11) is 3.85. The summed E-state index contributed by atoms with van der Waals surface area (Å²) in [4.78, 5) is 40.9. The Morgan fingerprint density at radius 1 is 0.974 bits per heavy atom. The van der Waals surface area contributed by atoms with E-state index in [-0.39, 0.29) is 27.4 Å². The van der Waals surface area contributed by atoms with E-state index in [4.69, 9.17) is 11.6 Å². The van der Waals surface area contributed by atoms with Gasteiger partial charge in [0.05, 0.1) is 28.1 Å². The average molecular weight is 543 g/mol. The summed E-state index contributed by atoms with van der Waals surface area (Å²) in [6.45, 7) is 1.73. The van der Waals surface area contributed by atoms with E-state index in [2.05, 4.69) is 20.9 Å². The Morgan fingerprint density at radius 2 is 1.64 bits per heavy atom. The number of anilines is 1. The van der Waals surface area contributed by atoms with Gasteiger partial charge in [0.2, 0.25) is 0 Å². The number of rotatable bonds is 8. The molecule has 0 bridgehead atoms. The predicted molar refractivity (Wildman–Crippen MR) is 155 cm³/mol. The smallest absolute Gasteiger partial charge is 0.287 e. The minimum Gasteiger partial charge on any atom is -0.378 e. The molecule has 2 amide bonds. The normalized spacial score (nSPS) is 11.4. The Labute approximate surface area is 230 Å². The number of nitrogens with zero attached hydrogens (tertiary/aromatic N) is 3. The number of aromatic amines is 1. The molecule has 0 saturated heterocycles. The third-order valence-electron chi connectivity index (χ3n) is 5.82. The SMILES string of the molecule is Cc1[nH]n(-c2ccccc2)c(=O)c1/C=N/NC(=O)C(=Cc1ccc(N(C)C)cc1)NC(=O)c1ccccc1Cl. The molecule has 39 heavy (non-hydrogen) atoms. The van der Waals surface area contributed by atoms with Crippen LogP contribution in [0.4, 0.5) is 5.69 Å². The molecule has 3 aromatic carbocycles. The van der Waals surface area contributed by atoms with Gasteiger partial charge in [-0.15, -0.1) is 0 Å². The first kappa shape index (κ1) is 27.2. The van der Waals surface area contributed by atoms with Crippen molar-refractivity contribution in [2.75, 3.05) is 19.0 Å². The molecule has 0 aliphatic rings. The van der Waals surface area contributed by atoms with Crippen LogP contribution in [0, 0.1) is 6.92 Å². The lowest BCUT2D eigenvalue weighted by molar-refractivity contribution is -0.117. The molecule has 9 nitrogen and oxygen atoms in total. The van der Waals surface area contributed by atoms with Crippen molar-refractivity contribution in [2.24, 2.45) is 5.10 Å². The number of amides is 2. The van der Waals surface area contributed by atoms with Crippen molar-refractivity contribution in [1.29, 1.82) is 0 Å². The van der Waals surface area contributed by atoms with E-state index >= 15 is 0 Å². The third kappa shape index (κ3) is 6.52. The maximum atomic E-state index is 13.1. The lowest BCUT2D eigenvalue weighted by atomic mass is 10.1. The molecule has 0 aliphatic heterocycles. The number of hydrazone groups is 1. The first-order valence-corrected chi connectivity index (χ1v) is 12.4. The van der Waals surface area contributed by atoms with Gasteiger partial charge in [0.1, 0.15) is 5.70 Å². The number of carbonyl (C=O) groups excluding carboxylic acids is 2. The van der Waals surface area contributed by atoms with Crippen LogP contribution >= 0.6 is 11.6 Å². The van der Waals surface area contributed by atoms with Crippen LogP contribution in [0.2, 0.25) is 5.02 Å². The topological polar surface area (TPSA) is 112 Å². The molecule has 0 spiro atoms. The lowest BCUT2D eigenvalue weighted by Crippen LogP contribution is -2.33. The number of halogens is 1. The molecule has 1 heterocycles. The second-order valence-corrected chi connectivity index (χ2v) is 9.21. The minimum absolute atomic E-state index is 0.0536. The predicted octanol–water partition coefficient (Wildman–Crippen LogP) is 4.11. The van der Waals surface area contributed by atoms with Gasteiger partial charge in [-0.3, -0.25) is 19.5 Å². The zero-order valence-electron chi connectivity index (χ0n) is 21.6. The van der Waals surface area contributed by atoms with Crippen LogP contribution in [0.25, 0.3) is 11.8 Å². The zero-order chi connectivity index (χ0) is 27.9. The van der Waals surface area contributed by atoms with Gasteiger partial charge in [0, 0.05) is 25.5 Å². The van der Waals surface area contributed by atoms with Crippen molar-refractivity contribution in [1.82, 2.24) is 20.5 Å². The average Bonchev–Trinajstić information content (AvgIpc) is 3.22. The van der Waals surface area contributed by atoms with Gasteiger partial charge in [0.15, 0.2) is 0 Å². The van der Waals surface area contributed by atoms with Gasteiger partial charge in [-0.25, -0.2) is 10.1 Å². The Balaban J connectivity index is 1.58. The van der Waals surface area contributed by atoms with E-state index in [9.17, 15) is 14.4 Å². The second-order valence-electron chi connectivity index (χ2n) is 8.80. The van der Waals surface area contributed by atoms with E-state index in [0.29, 0.717) is 16.9 Å². The monoisotopic (exact) mass is 542 g/mol. The first-order chi connectivity index (χ1) is 18.7. The third-order valence-corrected chi connectivity index (χ3v) is 6.15. The molecule has 198 valence electrons. The minimum atomic E-state index is -0.681. The molecule has 3 N–H and O–H groups in total. The number of carbonyl (C=O) groups is 2. The highest BCUT2D eigenvalue weighted by atomic mass is 35.5. The highest BCUT2D eigenvalue weighted by molar-refractivity contribution is 6.34. The van der Waals surface area contributed by atoms with Gasteiger partial charge in [-0.2, -0.15) is 5.10 Å². The molecule has 10 heteroatoms. The van der Waals surface area contributed by atoms with E-state index < -0.39 is 11.8 Å². The fourth-order valence-corrected chi connectivity index (χ4v) is 3.94. The van der Waals surface area contributed by atoms with Crippen LogP contribution in [0.5, 0.6) is 0 Å². The van der Waals surface area contributed by atoms with E-state index in [1.165, 1.54) is 17.0 Å². The van der Waals surface area contributed by atoms with Crippen LogP contribution in [0.3, 0.4) is 0 Å². The van der Waals surface area contributed by atoms with Gasteiger partial charge in [0.25, 0.3) is 17.4 Å². The number of hydrogen-bond donors (Lipinski definition) is 3. The Kier molecular flexibility index (Phi) is 8.43. The second kappa shape index (κ2) is 12.1. The van der Waals surface area contributed by atoms with Gasteiger partial charge >= 0.3 is 0 Å². The summed E-state index contributed by atoms with van der Waals surface area (Å²) in [5.74, 6) is -1.23. The number of hydrogen-bond acceptors (Lipinski definition) is 5. The number of aromatic nitrogens is 2. The largest absolute Gasteiger partial charge is 0.378 e. The molecule has 0 radical (unpaired) electrons. The summed E-state index contributed by atoms with van der Waals surface area (Å²) in [6.07, 6.45) is 2.80.